The van der Waals surface area contributed by atoms with Crippen LogP contribution in [0.15, 0.2) is 24.3 Å². The van der Waals surface area contributed by atoms with E-state index in [0.717, 1.165) is 6.42 Å². The Morgan fingerprint density at radius 2 is 1.79 bits per heavy atom. The Morgan fingerprint density at radius 1 is 1.18 bits per heavy atom. The van der Waals surface area contributed by atoms with Crippen molar-refractivity contribution in [1.82, 2.24) is 15.1 Å². The van der Waals surface area contributed by atoms with Crippen LogP contribution in [0.1, 0.15) is 25.8 Å². The minimum atomic E-state index is -2.83. The zero-order chi connectivity index (χ0) is 20.3. The van der Waals surface area contributed by atoms with E-state index in [1.54, 1.807) is 16.7 Å². The van der Waals surface area contributed by atoms with Crippen molar-refractivity contribution in [2.75, 3.05) is 32.7 Å². The molecule has 8 heteroatoms. The zero-order valence-corrected chi connectivity index (χ0v) is 16.3. The van der Waals surface area contributed by atoms with Crippen molar-refractivity contribution in [2.24, 2.45) is 0 Å². The molecule has 2 heterocycles. The number of aryl methyl sites for hydroxylation is 1. The first-order valence-electron chi connectivity index (χ1n) is 9.73. The molecule has 1 aromatic rings. The number of rotatable bonds is 5. The summed E-state index contributed by atoms with van der Waals surface area (Å²) in [5.74, 6) is -2.65. The fourth-order valence-electron chi connectivity index (χ4n) is 3.57. The molecule has 2 fully saturated rings. The Labute approximate surface area is 163 Å². The topological polar surface area (TPSA) is 61.9 Å². The number of amides is 2. The highest BCUT2D eigenvalue weighted by molar-refractivity contribution is 5.84. The van der Waals surface area contributed by atoms with Gasteiger partial charge >= 0.3 is 0 Å². The molecule has 2 amide bonds. The molecule has 1 aromatic carbocycles. The van der Waals surface area contributed by atoms with Crippen LogP contribution in [0.5, 0.6) is 5.75 Å². The lowest BCUT2D eigenvalue weighted by Crippen LogP contribution is -2.55. The third-order valence-corrected chi connectivity index (χ3v) is 5.30. The number of halogens is 2. The summed E-state index contributed by atoms with van der Waals surface area (Å²) in [6.07, 6.45) is -0.164. The van der Waals surface area contributed by atoms with Crippen LogP contribution in [0.25, 0.3) is 0 Å². The van der Waals surface area contributed by atoms with Crippen LogP contribution >= 0.6 is 0 Å². The van der Waals surface area contributed by atoms with Gasteiger partial charge in [0.1, 0.15) is 5.75 Å². The van der Waals surface area contributed by atoms with Gasteiger partial charge in [0.25, 0.3) is 11.8 Å². The van der Waals surface area contributed by atoms with Gasteiger partial charge in [-0.2, -0.15) is 0 Å². The highest BCUT2D eigenvalue weighted by Gasteiger charge is 2.44. The molecule has 0 spiro atoms. The molecule has 2 unspecified atom stereocenters. The summed E-state index contributed by atoms with van der Waals surface area (Å²) in [5.41, 5.74) is 1.20. The fraction of sp³-hybridized carbons (Fsp3) is 0.600. The van der Waals surface area contributed by atoms with Gasteiger partial charge in [-0.25, -0.2) is 8.78 Å². The molecule has 3 rings (SSSR count). The number of hydrogen-bond acceptors (Lipinski definition) is 4. The van der Waals surface area contributed by atoms with E-state index in [0.29, 0.717) is 31.9 Å². The van der Waals surface area contributed by atoms with E-state index in [2.05, 4.69) is 12.2 Å². The third-order valence-electron chi connectivity index (χ3n) is 5.30. The summed E-state index contributed by atoms with van der Waals surface area (Å²) in [6, 6.07) is 6.80. The summed E-state index contributed by atoms with van der Waals surface area (Å²) in [5, 5.41) is 2.59. The molecule has 154 valence electrons. The normalized spacial score (nSPS) is 22.8. The lowest BCUT2D eigenvalue weighted by Gasteiger charge is -2.36. The van der Waals surface area contributed by atoms with Gasteiger partial charge < -0.3 is 14.5 Å². The second-order valence-electron chi connectivity index (χ2n) is 7.40. The van der Waals surface area contributed by atoms with Crippen molar-refractivity contribution in [3.63, 3.8) is 0 Å². The number of hydrogen-bond donors (Lipinski definition) is 1. The van der Waals surface area contributed by atoms with E-state index in [-0.39, 0.29) is 11.8 Å². The third kappa shape index (κ3) is 4.79. The average Bonchev–Trinajstić information content (AvgIpc) is 3.07. The maximum atomic E-state index is 13.3. The van der Waals surface area contributed by atoms with Gasteiger partial charge in [0.05, 0.1) is 12.6 Å². The number of carbonyl (C=O) groups excluding carboxylic acids is 2. The second-order valence-corrected chi connectivity index (χ2v) is 7.40. The minimum Gasteiger partial charge on any atom is -0.481 e. The van der Waals surface area contributed by atoms with Gasteiger partial charge in [-0.1, -0.05) is 19.1 Å². The molecular formula is C20H27F2N3O3. The van der Waals surface area contributed by atoms with Crippen molar-refractivity contribution in [3.05, 3.63) is 29.8 Å². The lowest BCUT2D eigenvalue weighted by molar-refractivity contribution is -0.144. The molecule has 2 aliphatic heterocycles. The van der Waals surface area contributed by atoms with Crippen LogP contribution in [-0.2, 0) is 16.0 Å². The summed E-state index contributed by atoms with van der Waals surface area (Å²) < 4.78 is 32.3. The average molecular weight is 395 g/mol. The standard InChI is InChI=1S/C20H27F2N3O3/c1-3-15-4-6-16(7-5-15)28-14(2)18(26)24-8-10-25(11-9-24)19(27)17-12-20(21,22)13-23-17/h4-7,14,17,23H,3,8-13H2,1-2H3. The van der Waals surface area contributed by atoms with Crippen molar-refractivity contribution >= 4 is 11.8 Å². The Balaban J connectivity index is 1.48. The number of ether oxygens (including phenoxy) is 1. The SMILES string of the molecule is CCc1ccc(OC(C)C(=O)N2CCN(C(=O)C3CC(F)(F)CN3)CC2)cc1. The molecule has 1 N–H and O–H groups in total. The van der Waals surface area contributed by atoms with Crippen LogP contribution < -0.4 is 10.1 Å². The van der Waals surface area contributed by atoms with E-state index >= 15 is 0 Å². The quantitative estimate of drug-likeness (QED) is 0.824. The first-order chi connectivity index (χ1) is 13.3. The number of nitrogens with zero attached hydrogens (tertiary/aromatic N) is 2. The second kappa shape index (κ2) is 8.43. The Morgan fingerprint density at radius 3 is 2.32 bits per heavy atom. The first kappa shape index (κ1) is 20.5. The predicted molar refractivity (Wildman–Crippen MR) is 100 cm³/mol. The van der Waals surface area contributed by atoms with E-state index in [4.69, 9.17) is 4.74 Å². The van der Waals surface area contributed by atoms with E-state index in [1.807, 2.05) is 24.3 Å². The van der Waals surface area contributed by atoms with E-state index in [9.17, 15) is 18.4 Å². The van der Waals surface area contributed by atoms with Crippen LogP contribution in [-0.4, -0.2) is 72.4 Å². The molecule has 0 aliphatic carbocycles. The van der Waals surface area contributed by atoms with Gasteiger partial charge in [-0.05, 0) is 31.0 Å². The Kier molecular flexibility index (Phi) is 6.17. The van der Waals surface area contributed by atoms with Crippen LogP contribution in [0.4, 0.5) is 8.78 Å². The van der Waals surface area contributed by atoms with Crippen LogP contribution in [0.3, 0.4) is 0 Å². The molecule has 6 nitrogen and oxygen atoms in total. The highest BCUT2D eigenvalue weighted by Crippen LogP contribution is 2.26. The summed E-state index contributed by atoms with van der Waals surface area (Å²) in [7, 11) is 0. The number of benzene rings is 1. The van der Waals surface area contributed by atoms with E-state index in [1.165, 1.54) is 5.56 Å². The maximum Gasteiger partial charge on any atom is 0.263 e. The molecule has 0 aromatic heterocycles. The van der Waals surface area contributed by atoms with Gasteiger partial charge in [0.15, 0.2) is 6.10 Å². The minimum absolute atomic E-state index is 0.141. The van der Waals surface area contributed by atoms with Crippen LogP contribution in [0.2, 0.25) is 0 Å². The molecule has 0 radical (unpaired) electrons. The van der Waals surface area contributed by atoms with Crippen molar-refractivity contribution in [1.29, 1.82) is 0 Å². The molecular weight excluding hydrogens is 368 g/mol. The number of carbonyl (C=O) groups is 2. The number of piperazine rings is 1. The summed E-state index contributed by atoms with van der Waals surface area (Å²) in [6.45, 7) is 4.74. The maximum absolute atomic E-state index is 13.3. The molecule has 0 saturated carbocycles. The molecule has 28 heavy (non-hydrogen) atoms. The predicted octanol–water partition coefficient (Wildman–Crippen LogP) is 1.68. The summed E-state index contributed by atoms with van der Waals surface area (Å²) >= 11 is 0. The summed E-state index contributed by atoms with van der Waals surface area (Å²) in [4.78, 5) is 28.2. The van der Waals surface area contributed by atoms with Gasteiger partial charge in [0, 0.05) is 32.6 Å². The molecule has 2 saturated heterocycles. The van der Waals surface area contributed by atoms with Crippen molar-refractivity contribution in [3.8, 4) is 5.75 Å². The highest BCUT2D eigenvalue weighted by atomic mass is 19.3. The zero-order valence-electron chi connectivity index (χ0n) is 16.3. The van der Waals surface area contributed by atoms with Crippen LogP contribution in [0, 0.1) is 0 Å². The van der Waals surface area contributed by atoms with Gasteiger partial charge in [-0.15, -0.1) is 0 Å². The Hall–Kier alpha value is -2.22. The molecule has 2 aliphatic rings. The number of nitrogens with one attached hydrogen (secondary N) is 1. The smallest absolute Gasteiger partial charge is 0.263 e. The fourth-order valence-corrected chi connectivity index (χ4v) is 3.57. The molecule has 2 atom stereocenters. The molecule has 0 bridgehead atoms. The number of alkyl halides is 2. The largest absolute Gasteiger partial charge is 0.481 e. The van der Waals surface area contributed by atoms with E-state index < -0.39 is 31.0 Å². The van der Waals surface area contributed by atoms with Gasteiger partial charge in [0.2, 0.25) is 5.91 Å². The van der Waals surface area contributed by atoms with Gasteiger partial charge in [-0.3, -0.25) is 14.9 Å². The van der Waals surface area contributed by atoms with Crippen molar-refractivity contribution < 1.29 is 23.1 Å². The first-order valence-corrected chi connectivity index (χ1v) is 9.73. The lowest BCUT2D eigenvalue weighted by atomic mass is 10.1. The van der Waals surface area contributed by atoms with Crippen molar-refractivity contribution in [2.45, 2.75) is 44.8 Å². The monoisotopic (exact) mass is 395 g/mol. The Bertz CT molecular complexity index is 703.